The van der Waals surface area contributed by atoms with Crippen molar-refractivity contribution < 1.29 is 25.3 Å². The minimum atomic E-state index is -0.446. The largest absolute Gasteiger partial charge is 0.197 e. The summed E-state index contributed by atoms with van der Waals surface area (Å²) in [5.41, 5.74) is 0. The van der Waals surface area contributed by atoms with Gasteiger partial charge in [-0.1, -0.05) is 189 Å². The molecule has 0 spiro atoms. The summed E-state index contributed by atoms with van der Waals surface area (Å²) >= 11 is 2.83. The molecule has 0 saturated heterocycles. The van der Waals surface area contributed by atoms with E-state index in [1.807, 2.05) is 0 Å². The zero-order chi connectivity index (χ0) is 27.8. The third-order valence-electron chi connectivity index (χ3n) is 6.09. The predicted octanol–water partition coefficient (Wildman–Crippen LogP) is 7.19. The molecule has 6 aromatic rings. The second-order valence-corrected chi connectivity index (χ2v) is 13.1. The first kappa shape index (κ1) is 35.1. The fourth-order valence-electron chi connectivity index (χ4n) is 4.36. The molecular weight excluding hydrogens is 749 g/mol. The van der Waals surface area contributed by atoms with Crippen molar-refractivity contribution in [2.24, 2.45) is 0 Å². The van der Waals surface area contributed by atoms with E-state index in [-0.39, 0.29) is 28.5 Å². The topological polar surface area (TPSA) is 17.1 Å². The number of hydrogen-bond donors (Lipinski definition) is 0. The van der Waals surface area contributed by atoms with Gasteiger partial charge in [0, 0.05) is 21.1 Å². The van der Waals surface area contributed by atoms with E-state index in [1.54, 1.807) is 0 Å². The van der Waals surface area contributed by atoms with Gasteiger partial charge in [-0.05, 0) is 47.7 Å². The van der Waals surface area contributed by atoms with Crippen molar-refractivity contribution in [1.82, 2.24) is 0 Å². The van der Waals surface area contributed by atoms with Crippen molar-refractivity contribution >= 4 is 60.2 Å². The van der Waals surface area contributed by atoms with Crippen LogP contribution in [0.4, 0.5) is 0 Å². The van der Waals surface area contributed by atoms with Crippen molar-refractivity contribution in [3.05, 3.63) is 182 Å². The van der Waals surface area contributed by atoms with Gasteiger partial charge in [0.2, 0.25) is 0 Å². The van der Waals surface area contributed by atoms with Crippen LogP contribution >= 0.6 is 15.8 Å². The van der Waals surface area contributed by atoms with Gasteiger partial charge >= 0.3 is 0 Å². The SMILES string of the molecule is C.O=S.[Pt].c1ccc(P(c2ccccc2)c2ccccc2)cc1.c1ccc(P(c2ccccc2)c2ccccc2)cc1. The first-order valence-electron chi connectivity index (χ1n) is 13.0. The Labute approximate surface area is 273 Å². The van der Waals surface area contributed by atoms with Crippen LogP contribution in [0.5, 0.6) is 0 Å². The number of rotatable bonds is 6. The predicted molar refractivity (Wildman–Crippen MR) is 185 cm³/mol. The van der Waals surface area contributed by atoms with Gasteiger partial charge in [0.25, 0.3) is 0 Å². The molecule has 5 heteroatoms. The Morgan fingerprint density at radius 3 is 0.524 bits per heavy atom. The van der Waals surface area contributed by atoms with Gasteiger partial charge < -0.3 is 0 Å². The molecule has 6 aromatic carbocycles. The van der Waals surface area contributed by atoms with E-state index in [2.05, 4.69) is 195 Å². The molecule has 0 fully saturated rings. The fourth-order valence-corrected chi connectivity index (χ4v) is 8.97. The smallest absolute Gasteiger partial charge is 0.197 e. The second kappa shape index (κ2) is 19.9. The number of benzene rings is 6. The summed E-state index contributed by atoms with van der Waals surface area (Å²) in [5.74, 6) is 0. The van der Waals surface area contributed by atoms with Gasteiger partial charge in [0.05, 0.1) is 0 Å². The van der Waals surface area contributed by atoms with Crippen LogP contribution in [0.25, 0.3) is 0 Å². The maximum Gasteiger partial charge on any atom is 0.197 e. The quantitative estimate of drug-likeness (QED) is 0.167. The molecule has 0 bridgehead atoms. The Kier molecular flexibility index (Phi) is 16.6. The molecule has 0 heterocycles. The maximum atomic E-state index is 7.83. The summed E-state index contributed by atoms with van der Waals surface area (Å²) in [4.78, 5) is 0. The molecule has 0 aliphatic heterocycles. The van der Waals surface area contributed by atoms with Crippen LogP contribution in [0.1, 0.15) is 7.43 Å². The first-order chi connectivity index (χ1) is 19.9. The molecule has 1 nitrogen and oxygen atoms in total. The molecule has 0 amide bonds. The second-order valence-electron chi connectivity index (χ2n) is 8.68. The fraction of sp³-hybridized carbons (Fsp3) is 0.0270. The van der Waals surface area contributed by atoms with Crippen molar-refractivity contribution in [2.75, 3.05) is 0 Å². The Balaban J connectivity index is 0.000000265. The van der Waals surface area contributed by atoms with Gasteiger partial charge in [-0.3, -0.25) is 0 Å². The molecular formula is C37H34OP2PtS. The molecule has 0 aromatic heterocycles. The van der Waals surface area contributed by atoms with Crippen molar-refractivity contribution in [1.29, 1.82) is 0 Å². The zero-order valence-electron chi connectivity index (χ0n) is 22.3. The third-order valence-corrected chi connectivity index (χ3v) is 11.0. The van der Waals surface area contributed by atoms with Crippen LogP contribution in [0, 0.1) is 0 Å². The number of hydrogen-bond acceptors (Lipinski definition) is 2. The maximum absolute atomic E-state index is 7.83. The van der Waals surface area contributed by atoms with Crippen molar-refractivity contribution in [2.45, 2.75) is 7.43 Å². The van der Waals surface area contributed by atoms with Gasteiger partial charge in [0.15, 0.2) is 12.5 Å². The van der Waals surface area contributed by atoms with E-state index in [0.29, 0.717) is 0 Å². The molecule has 0 unspecified atom stereocenters. The van der Waals surface area contributed by atoms with Crippen LogP contribution in [-0.4, -0.2) is 4.21 Å². The standard InChI is InChI=1S/2C18H15P.CH4.OS.Pt/c2*1-4-10-16(11-5-1)19(17-12-6-2-7-13-17)18-14-8-3-9-15-18;;1-2;/h2*1-15H;1H4;;. The van der Waals surface area contributed by atoms with E-state index in [0.717, 1.165) is 0 Å². The van der Waals surface area contributed by atoms with Crippen LogP contribution in [0.15, 0.2) is 182 Å². The van der Waals surface area contributed by atoms with E-state index in [9.17, 15) is 0 Å². The molecule has 214 valence electrons. The minimum absolute atomic E-state index is 0. The van der Waals surface area contributed by atoms with Gasteiger partial charge in [-0.25, -0.2) is 0 Å². The van der Waals surface area contributed by atoms with Gasteiger partial charge in [0.1, 0.15) is 0 Å². The Hall–Kier alpha value is -3.11. The summed E-state index contributed by atoms with van der Waals surface area (Å²) < 4.78 is 7.83. The Morgan fingerprint density at radius 1 is 0.286 bits per heavy atom. The van der Waals surface area contributed by atoms with Crippen molar-refractivity contribution in [3.63, 3.8) is 0 Å². The summed E-state index contributed by atoms with van der Waals surface area (Å²) in [7, 11) is -0.892. The van der Waals surface area contributed by atoms with Crippen molar-refractivity contribution in [3.8, 4) is 0 Å². The minimum Gasteiger partial charge on any atom is -0.197 e. The average Bonchev–Trinajstić information content (AvgIpc) is 3.06. The molecule has 0 atom stereocenters. The Morgan fingerprint density at radius 2 is 0.405 bits per heavy atom. The van der Waals surface area contributed by atoms with Crippen LogP contribution in [0.2, 0.25) is 0 Å². The molecule has 0 radical (unpaired) electrons. The normalized spacial score (nSPS) is 9.67. The van der Waals surface area contributed by atoms with E-state index in [4.69, 9.17) is 4.21 Å². The monoisotopic (exact) mass is 783 g/mol. The average molecular weight is 784 g/mol. The van der Waals surface area contributed by atoms with Crippen LogP contribution < -0.4 is 31.8 Å². The first-order valence-corrected chi connectivity index (χ1v) is 16.0. The third kappa shape index (κ3) is 10.0. The molecule has 6 rings (SSSR count). The van der Waals surface area contributed by atoms with Crippen LogP contribution in [-0.2, 0) is 33.6 Å². The van der Waals surface area contributed by atoms with Gasteiger partial charge in [-0.2, -0.15) is 4.21 Å². The van der Waals surface area contributed by atoms with Gasteiger partial charge in [-0.15, -0.1) is 0 Å². The molecule has 0 aliphatic rings. The van der Waals surface area contributed by atoms with E-state index >= 15 is 0 Å². The molecule has 0 saturated carbocycles. The summed E-state index contributed by atoms with van der Waals surface area (Å²) in [6.07, 6.45) is 0. The molecule has 0 N–H and O–H groups in total. The molecule has 0 aliphatic carbocycles. The summed E-state index contributed by atoms with van der Waals surface area (Å²) in [6.45, 7) is 0. The zero-order valence-corrected chi connectivity index (χ0v) is 27.2. The summed E-state index contributed by atoms with van der Waals surface area (Å²) in [6, 6.07) is 64.7. The Bertz CT molecular complexity index is 1200. The van der Waals surface area contributed by atoms with E-state index in [1.165, 1.54) is 31.8 Å². The van der Waals surface area contributed by atoms with Crippen LogP contribution in [0.3, 0.4) is 0 Å². The summed E-state index contributed by atoms with van der Waals surface area (Å²) in [5, 5.41) is 8.39. The van der Waals surface area contributed by atoms with E-state index < -0.39 is 15.8 Å². The molecule has 42 heavy (non-hydrogen) atoms.